The molecule has 0 saturated carbocycles. The number of hydrogen-bond acceptors (Lipinski definition) is 2. The summed E-state index contributed by atoms with van der Waals surface area (Å²) in [6, 6.07) is 17.0. The van der Waals surface area contributed by atoms with Gasteiger partial charge in [-0.05, 0) is 36.8 Å². The zero-order valence-electron chi connectivity index (χ0n) is 12.1. The third-order valence-electron chi connectivity index (χ3n) is 3.31. The van der Waals surface area contributed by atoms with Crippen molar-refractivity contribution in [2.75, 3.05) is 18.6 Å². The first-order chi connectivity index (χ1) is 10.1. The lowest BCUT2D eigenvalue weighted by atomic mass is 10.1. The van der Waals surface area contributed by atoms with E-state index in [2.05, 4.69) is 0 Å². The molecule has 2 rings (SSSR count). The first kappa shape index (κ1) is 15.5. The standard InChI is InChI=1S/C17H18ClNO2/c1-13(14-8-10-15(18)11-9-14)19(17(20)12-21-2)16-6-4-3-5-7-16/h3-11,13H,12H2,1-2H3/t13-/m0/s1. The number of halogens is 1. The molecule has 4 heteroatoms. The van der Waals surface area contributed by atoms with E-state index >= 15 is 0 Å². The largest absolute Gasteiger partial charge is 0.375 e. The van der Waals surface area contributed by atoms with Crippen molar-refractivity contribution in [3.63, 3.8) is 0 Å². The molecule has 110 valence electrons. The van der Waals surface area contributed by atoms with Crippen LogP contribution in [-0.4, -0.2) is 19.6 Å². The van der Waals surface area contributed by atoms with E-state index in [1.807, 2.05) is 61.5 Å². The summed E-state index contributed by atoms with van der Waals surface area (Å²) in [7, 11) is 1.52. The molecular formula is C17H18ClNO2. The molecule has 0 heterocycles. The number of para-hydroxylation sites is 1. The van der Waals surface area contributed by atoms with Crippen molar-refractivity contribution in [2.24, 2.45) is 0 Å². The summed E-state index contributed by atoms with van der Waals surface area (Å²) >= 11 is 5.92. The van der Waals surface area contributed by atoms with Crippen LogP contribution in [0.3, 0.4) is 0 Å². The van der Waals surface area contributed by atoms with Gasteiger partial charge < -0.3 is 9.64 Å². The van der Waals surface area contributed by atoms with Crippen molar-refractivity contribution in [2.45, 2.75) is 13.0 Å². The van der Waals surface area contributed by atoms with Crippen LogP contribution in [0.15, 0.2) is 54.6 Å². The summed E-state index contributed by atoms with van der Waals surface area (Å²) in [5.41, 5.74) is 1.87. The predicted molar refractivity (Wildman–Crippen MR) is 85.7 cm³/mol. The number of nitrogens with zero attached hydrogens (tertiary/aromatic N) is 1. The van der Waals surface area contributed by atoms with Crippen LogP contribution in [-0.2, 0) is 9.53 Å². The second kappa shape index (κ2) is 7.25. The second-order valence-corrected chi connectivity index (χ2v) is 5.20. The van der Waals surface area contributed by atoms with Crippen molar-refractivity contribution < 1.29 is 9.53 Å². The Kier molecular flexibility index (Phi) is 5.37. The van der Waals surface area contributed by atoms with Crippen LogP contribution >= 0.6 is 11.6 Å². The van der Waals surface area contributed by atoms with Crippen LogP contribution in [0.2, 0.25) is 5.02 Å². The van der Waals surface area contributed by atoms with Gasteiger partial charge in [0.15, 0.2) is 0 Å². The third-order valence-corrected chi connectivity index (χ3v) is 3.56. The van der Waals surface area contributed by atoms with Gasteiger partial charge in [0.25, 0.3) is 5.91 Å². The predicted octanol–water partition coefficient (Wildman–Crippen LogP) is 4.08. The maximum Gasteiger partial charge on any atom is 0.253 e. The zero-order chi connectivity index (χ0) is 15.2. The number of hydrogen-bond donors (Lipinski definition) is 0. The minimum Gasteiger partial charge on any atom is -0.375 e. The maximum absolute atomic E-state index is 12.4. The van der Waals surface area contributed by atoms with Crippen LogP contribution in [0, 0.1) is 0 Å². The van der Waals surface area contributed by atoms with Crippen molar-refractivity contribution in [3.8, 4) is 0 Å². The van der Waals surface area contributed by atoms with Crippen LogP contribution in [0.1, 0.15) is 18.5 Å². The Bertz CT molecular complexity index is 583. The molecule has 2 aromatic rings. The van der Waals surface area contributed by atoms with E-state index in [9.17, 15) is 4.79 Å². The van der Waals surface area contributed by atoms with Crippen LogP contribution in [0.25, 0.3) is 0 Å². The highest BCUT2D eigenvalue weighted by Gasteiger charge is 2.22. The number of anilines is 1. The number of benzene rings is 2. The van der Waals surface area contributed by atoms with E-state index in [1.54, 1.807) is 4.90 Å². The smallest absolute Gasteiger partial charge is 0.253 e. The molecule has 0 radical (unpaired) electrons. The lowest BCUT2D eigenvalue weighted by Gasteiger charge is -2.29. The van der Waals surface area contributed by atoms with Crippen molar-refractivity contribution in [3.05, 3.63) is 65.2 Å². The second-order valence-electron chi connectivity index (χ2n) is 4.76. The average Bonchev–Trinajstić information content (AvgIpc) is 2.49. The molecule has 0 saturated heterocycles. The number of amides is 1. The minimum atomic E-state index is -0.104. The Morgan fingerprint density at radius 2 is 1.76 bits per heavy atom. The number of rotatable bonds is 5. The highest BCUT2D eigenvalue weighted by atomic mass is 35.5. The van der Waals surface area contributed by atoms with E-state index in [-0.39, 0.29) is 18.6 Å². The molecule has 0 fully saturated rings. The zero-order valence-corrected chi connectivity index (χ0v) is 12.9. The van der Waals surface area contributed by atoms with Gasteiger partial charge in [-0.15, -0.1) is 0 Å². The molecular weight excluding hydrogens is 286 g/mol. The van der Waals surface area contributed by atoms with Gasteiger partial charge in [0.1, 0.15) is 6.61 Å². The van der Waals surface area contributed by atoms with Crippen LogP contribution in [0.5, 0.6) is 0 Å². The molecule has 21 heavy (non-hydrogen) atoms. The number of methoxy groups -OCH3 is 1. The summed E-state index contributed by atoms with van der Waals surface area (Å²) in [6.45, 7) is 2.04. The van der Waals surface area contributed by atoms with E-state index in [0.717, 1.165) is 11.3 Å². The fourth-order valence-electron chi connectivity index (χ4n) is 2.26. The highest BCUT2D eigenvalue weighted by Crippen LogP contribution is 2.27. The van der Waals surface area contributed by atoms with Crippen LogP contribution in [0.4, 0.5) is 5.69 Å². The molecule has 3 nitrogen and oxygen atoms in total. The van der Waals surface area contributed by atoms with Gasteiger partial charge >= 0.3 is 0 Å². The summed E-state index contributed by atoms with van der Waals surface area (Å²) < 4.78 is 5.00. The quantitative estimate of drug-likeness (QED) is 0.833. The summed E-state index contributed by atoms with van der Waals surface area (Å²) in [5.74, 6) is -0.0776. The topological polar surface area (TPSA) is 29.5 Å². The van der Waals surface area contributed by atoms with Gasteiger partial charge in [-0.1, -0.05) is 41.9 Å². The SMILES string of the molecule is COCC(=O)N(c1ccccc1)[C@@H](C)c1ccc(Cl)cc1. The van der Waals surface area contributed by atoms with Gasteiger partial charge in [-0.3, -0.25) is 4.79 Å². The molecule has 0 N–H and O–H groups in total. The molecule has 0 unspecified atom stereocenters. The third kappa shape index (κ3) is 3.84. The Labute approximate surface area is 130 Å². The molecule has 0 aromatic heterocycles. The summed E-state index contributed by atoms with van der Waals surface area (Å²) in [5, 5.41) is 0.681. The Morgan fingerprint density at radius 1 is 1.14 bits per heavy atom. The molecule has 0 spiro atoms. The van der Waals surface area contributed by atoms with Crippen molar-refractivity contribution >= 4 is 23.2 Å². The molecule has 0 aliphatic rings. The highest BCUT2D eigenvalue weighted by molar-refractivity contribution is 6.30. The number of carbonyl (C=O) groups excluding carboxylic acids is 1. The summed E-state index contributed by atoms with van der Waals surface area (Å²) in [4.78, 5) is 14.1. The lowest BCUT2D eigenvalue weighted by molar-refractivity contribution is -0.122. The van der Waals surface area contributed by atoms with E-state index in [0.29, 0.717) is 5.02 Å². The molecule has 0 aliphatic heterocycles. The van der Waals surface area contributed by atoms with Gasteiger partial charge in [-0.25, -0.2) is 0 Å². The normalized spacial score (nSPS) is 12.0. The molecule has 1 amide bonds. The van der Waals surface area contributed by atoms with Gasteiger partial charge in [0.05, 0.1) is 6.04 Å². The van der Waals surface area contributed by atoms with Gasteiger partial charge in [0, 0.05) is 17.8 Å². The Hall–Kier alpha value is -1.84. The minimum absolute atomic E-state index is 0.0484. The monoisotopic (exact) mass is 303 g/mol. The van der Waals surface area contributed by atoms with E-state index in [1.165, 1.54) is 7.11 Å². The molecule has 0 bridgehead atoms. The maximum atomic E-state index is 12.4. The van der Waals surface area contributed by atoms with E-state index in [4.69, 9.17) is 16.3 Å². The van der Waals surface area contributed by atoms with Gasteiger partial charge in [-0.2, -0.15) is 0 Å². The molecule has 1 atom stereocenters. The first-order valence-electron chi connectivity index (χ1n) is 6.75. The summed E-state index contributed by atoms with van der Waals surface area (Å²) in [6.07, 6.45) is 0. The number of carbonyl (C=O) groups is 1. The number of ether oxygens (including phenoxy) is 1. The first-order valence-corrected chi connectivity index (χ1v) is 7.13. The fraction of sp³-hybridized carbons (Fsp3) is 0.235. The van der Waals surface area contributed by atoms with E-state index < -0.39 is 0 Å². The Morgan fingerprint density at radius 3 is 2.33 bits per heavy atom. The van der Waals surface area contributed by atoms with Crippen molar-refractivity contribution in [1.82, 2.24) is 0 Å². The lowest BCUT2D eigenvalue weighted by Crippen LogP contribution is -2.36. The van der Waals surface area contributed by atoms with Gasteiger partial charge in [0.2, 0.25) is 0 Å². The fourth-order valence-corrected chi connectivity index (χ4v) is 2.38. The van der Waals surface area contributed by atoms with Crippen molar-refractivity contribution in [1.29, 1.82) is 0 Å². The molecule has 2 aromatic carbocycles. The molecule has 0 aliphatic carbocycles. The van der Waals surface area contributed by atoms with Crippen LogP contribution < -0.4 is 4.90 Å². The average molecular weight is 304 g/mol. The Balaban J connectivity index is 2.35.